The summed E-state index contributed by atoms with van der Waals surface area (Å²) >= 11 is 0. The van der Waals surface area contributed by atoms with E-state index < -0.39 is 0 Å². The molecule has 1 aromatic carbocycles. The molecule has 1 atom stereocenters. The van der Waals surface area contributed by atoms with Gasteiger partial charge in [-0.25, -0.2) is 9.67 Å². The summed E-state index contributed by atoms with van der Waals surface area (Å²) in [5.74, 6) is 2.90. The molecule has 2 heterocycles. The Bertz CT molecular complexity index is 1280. The second-order valence-corrected chi connectivity index (χ2v) is 12.4. The van der Waals surface area contributed by atoms with Crippen molar-refractivity contribution in [3.05, 3.63) is 52.3 Å². The molecule has 36 heavy (non-hydrogen) atoms. The van der Waals surface area contributed by atoms with E-state index in [0.717, 1.165) is 52.3 Å². The van der Waals surface area contributed by atoms with Crippen LogP contribution in [-0.2, 0) is 11.2 Å². The summed E-state index contributed by atoms with van der Waals surface area (Å²) in [5.41, 5.74) is 7.86. The number of rotatable bonds is 6. The Hall–Kier alpha value is -2.69. The number of fused-ring (bicyclic) bond motifs is 1. The number of amides is 1. The lowest BCUT2D eigenvalue weighted by atomic mass is 9.48. The fraction of sp³-hybridized carbons (Fsp3) is 0.581. The first-order valence-corrected chi connectivity index (χ1v) is 13.9. The minimum absolute atomic E-state index is 0.184. The first-order chi connectivity index (χ1) is 17.2. The number of carbonyl (C=O) groups is 1. The van der Waals surface area contributed by atoms with Crippen molar-refractivity contribution < 1.29 is 4.79 Å². The van der Waals surface area contributed by atoms with Gasteiger partial charge in [-0.15, -0.1) is 0 Å². The molecule has 4 aliphatic carbocycles. The summed E-state index contributed by atoms with van der Waals surface area (Å²) < 4.78 is 1.95. The molecule has 7 rings (SSSR count). The molecule has 190 valence electrons. The maximum atomic E-state index is 13.1. The van der Waals surface area contributed by atoms with Crippen LogP contribution in [0.2, 0.25) is 0 Å². The largest absolute Gasteiger partial charge is 0.353 e. The average molecular weight is 485 g/mol. The van der Waals surface area contributed by atoms with Gasteiger partial charge in [-0.3, -0.25) is 4.79 Å². The number of aryl methyl sites for hydroxylation is 4. The molecule has 2 aromatic heterocycles. The minimum Gasteiger partial charge on any atom is -0.353 e. The Morgan fingerprint density at radius 2 is 1.61 bits per heavy atom. The third-order valence-electron chi connectivity index (χ3n) is 9.84. The van der Waals surface area contributed by atoms with Gasteiger partial charge in [0.25, 0.3) is 0 Å². The van der Waals surface area contributed by atoms with Gasteiger partial charge in [-0.05, 0) is 126 Å². The van der Waals surface area contributed by atoms with Crippen LogP contribution in [0, 0.1) is 50.9 Å². The predicted octanol–water partition coefficient (Wildman–Crippen LogP) is 6.31. The number of pyridine rings is 1. The maximum Gasteiger partial charge on any atom is 0.220 e. The molecule has 3 aromatic rings. The summed E-state index contributed by atoms with van der Waals surface area (Å²) in [6.07, 6.45) is 9.51. The van der Waals surface area contributed by atoms with Gasteiger partial charge in [0, 0.05) is 23.5 Å². The lowest BCUT2D eigenvalue weighted by Crippen LogP contribution is -2.55. The third kappa shape index (κ3) is 3.95. The fourth-order valence-corrected chi connectivity index (χ4v) is 8.35. The number of hydrogen-bond acceptors (Lipinski definition) is 3. The molecule has 4 fully saturated rings. The molecule has 1 N–H and O–H groups in total. The molecule has 5 heteroatoms. The molecule has 5 nitrogen and oxygen atoms in total. The predicted molar refractivity (Wildman–Crippen MR) is 144 cm³/mol. The summed E-state index contributed by atoms with van der Waals surface area (Å²) in [5, 5.41) is 9.39. The Morgan fingerprint density at radius 3 is 2.22 bits per heavy atom. The van der Waals surface area contributed by atoms with Gasteiger partial charge in [0.1, 0.15) is 0 Å². The first kappa shape index (κ1) is 23.7. The van der Waals surface area contributed by atoms with Gasteiger partial charge in [0.2, 0.25) is 5.91 Å². The Balaban J connectivity index is 1.18. The van der Waals surface area contributed by atoms with Gasteiger partial charge in [-0.1, -0.05) is 17.7 Å². The highest BCUT2D eigenvalue weighted by Crippen LogP contribution is 2.61. The van der Waals surface area contributed by atoms with Gasteiger partial charge in [0.15, 0.2) is 5.65 Å². The summed E-state index contributed by atoms with van der Waals surface area (Å²) in [4.78, 5) is 18.1. The van der Waals surface area contributed by atoms with E-state index >= 15 is 0 Å². The number of hydrogen-bond donors (Lipinski definition) is 1. The Kier molecular flexibility index (Phi) is 5.73. The van der Waals surface area contributed by atoms with E-state index in [4.69, 9.17) is 10.1 Å². The molecular formula is C31H40N4O. The zero-order chi connectivity index (χ0) is 25.2. The van der Waals surface area contributed by atoms with Crippen LogP contribution in [0.15, 0.2) is 24.3 Å². The lowest BCUT2D eigenvalue weighted by Gasteiger charge is -2.59. The van der Waals surface area contributed by atoms with E-state index in [-0.39, 0.29) is 11.9 Å². The molecule has 1 unspecified atom stereocenters. The van der Waals surface area contributed by atoms with Crippen LogP contribution in [0.25, 0.3) is 16.7 Å². The second-order valence-electron chi connectivity index (χ2n) is 12.4. The van der Waals surface area contributed by atoms with E-state index in [1.165, 1.54) is 55.2 Å². The molecule has 4 saturated carbocycles. The average Bonchev–Trinajstić information content (AvgIpc) is 3.14. The lowest BCUT2D eigenvalue weighted by molar-refractivity contribution is -0.125. The van der Waals surface area contributed by atoms with Crippen LogP contribution in [0.5, 0.6) is 0 Å². The minimum atomic E-state index is 0.184. The van der Waals surface area contributed by atoms with Gasteiger partial charge >= 0.3 is 0 Å². The molecule has 0 radical (unpaired) electrons. The quantitative estimate of drug-likeness (QED) is 0.446. The smallest absolute Gasteiger partial charge is 0.220 e. The monoisotopic (exact) mass is 484 g/mol. The van der Waals surface area contributed by atoms with E-state index in [9.17, 15) is 4.79 Å². The number of nitrogens with one attached hydrogen (secondary N) is 1. The highest BCUT2D eigenvalue weighted by Gasteiger charge is 2.53. The summed E-state index contributed by atoms with van der Waals surface area (Å²) in [7, 11) is 0. The highest BCUT2D eigenvalue weighted by molar-refractivity contribution is 5.85. The second kappa shape index (κ2) is 8.71. The topological polar surface area (TPSA) is 59.8 Å². The van der Waals surface area contributed by atoms with Gasteiger partial charge < -0.3 is 5.32 Å². The van der Waals surface area contributed by atoms with Crippen molar-refractivity contribution in [2.24, 2.45) is 23.2 Å². The molecular weight excluding hydrogens is 444 g/mol. The van der Waals surface area contributed by atoms with E-state index in [0.29, 0.717) is 11.8 Å². The molecule has 4 aliphatic rings. The highest BCUT2D eigenvalue weighted by atomic mass is 16.1. The van der Waals surface area contributed by atoms with E-state index in [1.807, 2.05) is 4.68 Å². The zero-order valence-electron chi connectivity index (χ0n) is 22.5. The van der Waals surface area contributed by atoms with Gasteiger partial charge in [0.05, 0.1) is 11.4 Å². The van der Waals surface area contributed by atoms with Crippen molar-refractivity contribution in [3.63, 3.8) is 0 Å². The Morgan fingerprint density at radius 1 is 1.00 bits per heavy atom. The summed E-state index contributed by atoms with van der Waals surface area (Å²) in [6, 6.07) is 8.68. The van der Waals surface area contributed by atoms with Crippen LogP contribution in [-0.4, -0.2) is 26.7 Å². The van der Waals surface area contributed by atoms with Crippen molar-refractivity contribution in [2.75, 3.05) is 0 Å². The molecule has 0 aliphatic heterocycles. The summed E-state index contributed by atoms with van der Waals surface area (Å²) in [6.45, 7) is 10.7. The fourth-order valence-electron chi connectivity index (χ4n) is 8.35. The number of nitrogens with zero attached hydrogens (tertiary/aromatic N) is 3. The van der Waals surface area contributed by atoms with Crippen LogP contribution < -0.4 is 5.32 Å². The zero-order valence-corrected chi connectivity index (χ0v) is 22.5. The van der Waals surface area contributed by atoms with Crippen LogP contribution >= 0.6 is 0 Å². The third-order valence-corrected chi connectivity index (χ3v) is 9.84. The van der Waals surface area contributed by atoms with Crippen LogP contribution in [0.1, 0.15) is 79.9 Å². The first-order valence-electron chi connectivity index (χ1n) is 13.9. The molecule has 0 spiro atoms. The van der Waals surface area contributed by atoms with Crippen molar-refractivity contribution in [2.45, 2.75) is 92.0 Å². The van der Waals surface area contributed by atoms with Crippen molar-refractivity contribution in [1.29, 1.82) is 0 Å². The van der Waals surface area contributed by atoms with E-state index in [2.05, 4.69) is 64.2 Å². The molecule has 4 bridgehead atoms. The van der Waals surface area contributed by atoms with Crippen molar-refractivity contribution in [1.82, 2.24) is 20.1 Å². The van der Waals surface area contributed by atoms with Crippen molar-refractivity contribution >= 4 is 16.9 Å². The Labute approximate surface area is 215 Å². The maximum absolute atomic E-state index is 13.1. The normalized spacial score (nSPS) is 27.5. The standard InChI is InChI=1S/C31H40N4O/c1-18-6-8-26(9-7-18)35-30-29(21(4)34-35)19(2)27(20(3)32-30)10-11-28(36)33-22(5)31-15-23-12-24(16-31)14-25(13-23)17-31/h6-9,22-25H,10-17H2,1-5H3,(H,33,36). The molecule has 0 saturated heterocycles. The van der Waals surface area contributed by atoms with Crippen molar-refractivity contribution in [3.8, 4) is 5.69 Å². The molecule has 1 amide bonds. The van der Waals surface area contributed by atoms with Gasteiger partial charge in [-0.2, -0.15) is 5.10 Å². The number of aromatic nitrogens is 3. The SMILES string of the molecule is Cc1ccc(-n2nc(C)c3c(C)c(CCC(=O)NC(C)C45CC6CC(CC(C6)C4)C5)c(C)nc32)cc1. The number of benzene rings is 1. The van der Waals surface area contributed by atoms with E-state index in [1.54, 1.807) is 0 Å². The van der Waals surface area contributed by atoms with Crippen LogP contribution in [0.3, 0.4) is 0 Å². The van der Waals surface area contributed by atoms with Crippen LogP contribution in [0.4, 0.5) is 0 Å². The number of carbonyl (C=O) groups excluding carboxylic acids is 1.